The number of benzene rings is 2. The molecule has 0 saturated heterocycles. The monoisotopic (exact) mass is 361 g/mol. The molecule has 0 heterocycles. The van der Waals surface area contributed by atoms with E-state index < -0.39 is 0 Å². The van der Waals surface area contributed by atoms with E-state index in [1.54, 1.807) is 0 Å². The predicted molar refractivity (Wildman–Crippen MR) is 105 cm³/mol. The zero-order chi connectivity index (χ0) is 17.7. The van der Waals surface area contributed by atoms with Gasteiger partial charge in [0.05, 0.1) is 5.75 Å². The third kappa shape index (κ3) is 5.02. The van der Waals surface area contributed by atoms with Crippen molar-refractivity contribution in [1.82, 2.24) is 0 Å². The second kappa shape index (κ2) is 8.59. The average molecular weight is 362 g/mol. The van der Waals surface area contributed by atoms with E-state index in [4.69, 9.17) is 11.6 Å². The van der Waals surface area contributed by atoms with Crippen molar-refractivity contribution in [3.05, 3.63) is 58.6 Å². The van der Waals surface area contributed by atoms with Crippen LogP contribution in [0.3, 0.4) is 0 Å². The molecule has 0 aromatic heterocycles. The minimum absolute atomic E-state index is 0.0185. The fourth-order valence-corrected chi connectivity index (χ4v) is 3.38. The van der Waals surface area contributed by atoms with Gasteiger partial charge < -0.3 is 5.32 Å². The molecule has 1 amide bonds. The highest BCUT2D eigenvalue weighted by Crippen LogP contribution is 2.32. The van der Waals surface area contributed by atoms with Crippen LogP contribution in [0.15, 0.2) is 47.4 Å². The van der Waals surface area contributed by atoms with Crippen molar-refractivity contribution in [3.8, 4) is 0 Å². The molecular weight excluding hydrogens is 338 g/mol. The smallest absolute Gasteiger partial charge is 0.234 e. The molecule has 24 heavy (non-hydrogen) atoms. The molecule has 2 rings (SSSR count). The minimum Gasteiger partial charge on any atom is -0.325 e. The molecule has 2 aromatic carbocycles. The van der Waals surface area contributed by atoms with Gasteiger partial charge in [-0.05, 0) is 47.2 Å². The maximum Gasteiger partial charge on any atom is 0.234 e. The van der Waals surface area contributed by atoms with Gasteiger partial charge in [0.25, 0.3) is 0 Å². The summed E-state index contributed by atoms with van der Waals surface area (Å²) in [7, 11) is 0. The molecule has 0 saturated carbocycles. The lowest BCUT2D eigenvalue weighted by Crippen LogP contribution is -2.17. The van der Waals surface area contributed by atoms with Crippen LogP contribution in [0.5, 0.6) is 0 Å². The van der Waals surface area contributed by atoms with Crippen LogP contribution < -0.4 is 5.32 Å². The Labute approximate surface area is 154 Å². The Morgan fingerprint density at radius 1 is 1.00 bits per heavy atom. The highest BCUT2D eigenvalue weighted by atomic mass is 35.5. The molecule has 2 aromatic rings. The van der Waals surface area contributed by atoms with E-state index >= 15 is 0 Å². The zero-order valence-corrected chi connectivity index (χ0v) is 16.2. The first-order valence-corrected chi connectivity index (χ1v) is 9.56. The molecule has 0 aliphatic rings. The van der Waals surface area contributed by atoms with Gasteiger partial charge in [0.2, 0.25) is 5.91 Å². The normalized spacial score (nSPS) is 11.1. The molecule has 128 valence electrons. The van der Waals surface area contributed by atoms with Crippen molar-refractivity contribution >= 4 is 35.0 Å². The molecule has 0 unspecified atom stereocenters. The summed E-state index contributed by atoms with van der Waals surface area (Å²) in [4.78, 5) is 13.5. The van der Waals surface area contributed by atoms with Gasteiger partial charge in [-0.15, -0.1) is 11.8 Å². The lowest BCUT2D eigenvalue weighted by molar-refractivity contribution is -0.113. The van der Waals surface area contributed by atoms with Gasteiger partial charge >= 0.3 is 0 Å². The average Bonchev–Trinajstić information content (AvgIpc) is 2.54. The number of carbonyl (C=O) groups is 1. The van der Waals surface area contributed by atoms with Crippen molar-refractivity contribution in [2.45, 2.75) is 44.4 Å². The third-order valence-electron chi connectivity index (χ3n) is 3.82. The largest absolute Gasteiger partial charge is 0.325 e. The van der Waals surface area contributed by atoms with E-state index in [0.717, 1.165) is 10.6 Å². The lowest BCUT2D eigenvalue weighted by atomic mass is 9.92. The van der Waals surface area contributed by atoms with Crippen molar-refractivity contribution in [3.63, 3.8) is 0 Å². The van der Waals surface area contributed by atoms with Crippen molar-refractivity contribution < 1.29 is 4.79 Å². The van der Waals surface area contributed by atoms with Crippen molar-refractivity contribution in [1.29, 1.82) is 0 Å². The van der Waals surface area contributed by atoms with Crippen LogP contribution in [0, 0.1) is 0 Å². The fraction of sp³-hybridized carbons (Fsp3) is 0.350. The van der Waals surface area contributed by atoms with E-state index in [1.165, 1.54) is 22.9 Å². The predicted octanol–water partition coefficient (Wildman–Crippen LogP) is 6.32. The van der Waals surface area contributed by atoms with Crippen LogP contribution in [-0.4, -0.2) is 11.7 Å². The Bertz CT molecular complexity index is 669. The molecule has 4 heteroatoms. The second-order valence-corrected chi connectivity index (χ2v) is 7.90. The molecule has 0 radical (unpaired) electrons. The van der Waals surface area contributed by atoms with Gasteiger partial charge in [0, 0.05) is 15.6 Å². The Morgan fingerprint density at radius 3 is 2.04 bits per heavy atom. The first-order valence-electron chi connectivity index (χ1n) is 8.19. The van der Waals surface area contributed by atoms with E-state index in [9.17, 15) is 4.79 Å². The molecule has 2 nitrogen and oxygen atoms in total. The van der Waals surface area contributed by atoms with Crippen LogP contribution in [0.25, 0.3) is 0 Å². The summed E-state index contributed by atoms with van der Waals surface area (Å²) in [5.74, 6) is 1.13. The van der Waals surface area contributed by atoms with Gasteiger partial charge in [-0.3, -0.25) is 4.79 Å². The van der Waals surface area contributed by atoms with Gasteiger partial charge in [0.1, 0.15) is 0 Å². The number of halogens is 1. The van der Waals surface area contributed by atoms with Gasteiger partial charge in [0.15, 0.2) is 0 Å². The number of carbonyl (C=O) groups excluding carboxylic acids is 1. The van der Waals surface area contributed by atoms with Crippen molar-refractivity contribution in [2.24, 2.45) is 0 Å². The standard InChI is InChI=1S/C20H24ClNOS/c1-13(2)17-6-5-7-18(14(3)4)20(17)22-19(23)12-24-16-10-8-15(21)9-11-16/h5-11,13-14H,12H2,1-4H3,(H,22,23). The lowest BCUT2D eigenvalue weighted by Gasteiger charge is -2.20. The van der Waals surface area contributed by atoms with Crippen LogP contribution in [0.4, 0.5) is 5.69 Å². The molecule has 0 bridgehead atoms. The Hall–Kier alpha value is -1.45. The Morgan fingerprint density at radius 2 is 1.54 bits per heavy atom. The highest BCUT2D eigenvalue weighted by molar-refractivity contribution is 8.00. The molecule has 0 spiro atoms. The fourth-order valence-electron chi connectivity index (χ4n) is 2.55. The summed E-state index contributed by atoms with van der Waals surface area (Å²) in [5.41, 5.74) is 3.35. The van der Waals surface area contributed by atoms with Crippen molar-refractivity contribution in [2.75, 3.05) is 11.1 Å². The number of rotatable bonds is 6. The second-order valence-electron chi connectivity index (χ2n) is 6.41. The Kier molecular flexibility index (Phi) is 6.76. The molecule has 0 aliphatic heterocycles. The Balaban J connectivity index is 2.11. The number of hydrogen-bond donors (Lipinski definition) is 1. The SMILES string of the molecule is CC(C)c1cccc(C(C)C)c1NC(=O)CSc1ccc(Cl)cc1. The number of anilines is 1. The van der Waals surface area contributed by atoms with Crippen LogP contribution >= 0.6 is 23.4 Å². The maximum absolute atomic E-state index is 12.4. The summed E-state index contributed by atoms with van der Waals surface area (Å²) < 4.78 is 0. The zero-order valence-electron chi connectivity index (χ0n) is 14.6. The maximum atomic E-state index is 12.4. The molecule has 1 N–H and O–H groups in total. The number of nitrogens with one attached hydrogen (secondary N) is 1. The highest BCUT2D eigenvalue weighted by Gasteiger charge is 2.16. The molecule has 0 fully saturated rings. The summed E-state index contributed by atoms with van der Waals surface area (Å²) in [6.07, 6.45) is 0. The van der Waals surface area contributed by atoms with Gasteiger partial charge in [-0.2, -0.15) is 0 Å². The van der Waals surface area contributed by atoms with Crippen LogP contribution in [-0.2, 0) is 4.79 Å². The molecule has 0 atom stereocenters. The van der Waals surface area contributed by atoms with E-state index in [1.807, 2.05) is 24.3 Å². The quantitative estimate of drug-likeness (QED) is 0.610. The number of amides is 1. The number of para-hydroxylation sites is 1. The first-order chi connectivity index (χ1) is 11.4. The van der Waals surface area contributed by atoms with Crippen LogP contribution in [0.2, 0.25) is 5.02 Å². The summed E-state index contributed by atoms with van der Waals surface area (Å²) in [6.45, 7) is 8.60. The van der Waals surface area contributed by atoms with E-state index in [2.05, 4.69) is 51.2 Å². The topological polar surface area (TPSA) is 29.1 Å². The van der Waals surface area contributed by atoms with Crippen LogP contribution in [0.1, 0.15) is 50.7 Å². The van der Waals surface area contributed by atoms with E-state index in [-0.39, 0.29) is 5.91 Å². The van der Waals surface area contributed by atoms with E-state index in [0.29, 0.717) is 22.6 Å². The summed E-state index contributed by atoms with van der Waals surface area (Å²) >= 11 is 7.40. The molecular formula is C20H24ClNOS. The minimum atomic E-state index is 0.0185. The first kappa shape index (κ1) is 18.9. The molecule has 0 aliphatic carbocycles. The number of hydrogen-bond acceptors (Lipinski definition) is 2. The summed E-state index contributed by atoms with van der Waals surface area (Å²) in [6, 6.07) is 13.8. The van der Waals surface area contributed by atoms with Gasteiger partial charge in [-0.25, -0.2) is 0 Å². The van der Waals surface area contributed by atoms with Gasteiger partial charge in [-0.1, -0.05) is 57.5 Å². The third-order valence-corrected chi connectivity index (χ3v) is 5.08. The number of thioether (sulfide) groups is 1. The summed E-state index contributed by atoms with van der Waals surface area (Å²) in [5, 5.41) is 3.84.